The maximum atomic E-state index is 12.6. The molecule has 2 aromatic carbocycles. The Labute approximate surface area is 173 Å². The van der Waals surface area contributed by atoms with Gasteiger partial charge in [-0.15, -0.1) is 10.2 Å². The van der Waals surface area contributed by atoms with Crippen LogP contribution in [-0.4, -0.2) is 38.8 Å². The molecule has 29 heavy (non-hydrogen) atoms. The molecule has 1 heterocycles. The first-order valence-electron chi connectivity index (χ1n) is 9.02. The molecule has 3 rings (SSSR count). The Balaban J connectivity index is 1.73. The molecule has 1 atom stereocenters. The van der Waals surface area contributed by atoms with Gasteiger partial charge in [0, 0.05) is 18.3 Å². The molecule has 0 aliphatic rings. The van der Waals surface area contributed by atoms with Gasteiger partial charge in [-0.1, -0.05) is 36.0 Å². The lowest BCUT2D eigenvalue weighted by Crippen LogP contribution is -2.23. The van der Waals surface area contributed by atoms with E-state index in [4.69, 9.17) is 4.74 Å². The van der Waals surface area contributed by atoms with Gasteiger partial charge in [0.25, 0.3) is 0 Å². The zero-order valence-corrected chi connectivity index (χ0v) is 17.5. The molecule has 1 aromatic heterocycles. The number of carbonyl (C=O) groups excluding carboxylic acids is 2. The van der Waals surface area contributed by atoms with Crippen molar-refractivity contribution in [1.82, 2.24) is 14.8 Å². The molecule has 0 aliphatic heterocycles. The molecule has 1 N–H and O–H groups in total. The van der Waals surface area contributed by atoms with Crippen molar-refractivity contribution in [1.29, 1.82) is 0 Å². The average Bonchev–Trinajstić information content (AvgIpc) is 3.08. The zero-order chi connectivity index (χ0) is 21.0. The van der Waals surface area contributed by atoms with E-state index in [9.17, 15) is 9.59 Å². The summed E-state index contributed by atoms with van der Waals surface area (Å²) in [6.45, 7) is 3.29. The number of hydrogen-bond acceptors (Lipinski definition) is 6. The molecule has 0 saturated carbocycles. The van der Waals surface area contributed by atoms with Crippen molar-refractivity contribution in [3.05, 3.63) is 54.1 Å². The molecular weight excluding hydrogens is 388 g/mol. The predicted molar refractivity (Wildman–Crippen MR) is 113 cm³/mol. The fourth-order valence-corrected chi connectivity index (χ4v) is 3.57. The van der Waals surface area contributed by atoms with E-state index in [1.165, 1.54) is 18.7 Å². The number of aromatic nitrogens is 3. The number of nitrogens with zero attached hydrogens (tertiary/aromatic N) is 3. The average molecular weight is 410 g/mol. The summed E-state index contributed by atoms with van der Waals surface area (Å²) >= 11 is 1.31. The topological polar surface area (TPSA) is 86.1 Å². The fourth-order valence-electron chi connectivity index (χ4n) is 2.75. The van der Waals surface area contributed by atoms with Gasteiger partial charge in [0.05, 0.1) is 17.9 Å². The molecule has 0 fully saturated rings. The van der Waals surface area contributed by atoms with Gasteiger partial charge < -0.3 is 14.6 Å². The molecule has 150 valence electrons. The summed E-state index contributed by atoms with van der Waals surface area (Å²) in [5.41, 5.74) is 1.97. The lowest BCUT2D eigenvalue weighted by atomic mass is 10.1. The van der Waals surface area contributed by atoms with Crippen LogP contribution in [-0.2, 0) is 11.8 Å². The minimum Gasteiger partial charge on any atom is -0.496 e. The van der Waals surface area contributed by atoms with Crippen LogP contribution in [0.1, 0.15) is 24.2 Å². The van der Waals surface area contributed by atoms with Crippen LogP contribution in [0.25, 0.3) is 11.4 Å². The first-order chi connectivity index (χ1) is 13.9. The van der Waals surface area contributed by atoms with Crippen LogP contribution in [0, 0.1) is 0 Å². The van der Waals surface area contributed by atoms with Gasteiger partial charge >= 0.3 is 0 Å². The van der Waals surface area contributed by atoms with Crippen LogP contribution >= 0.6 is 11.8 Å². The predicted octanol–water partition coefficient (Wildman–Crippen LogP) is 3.81. The van der Waals surface area contributed by atoms with Crippen molar-refractivity contribution < 1.29 is 14.3 Å². The Kier molecular flexibility index (Phi) is 6.33. The Hall–Kier alpha value is -3.13. The van der Waals surface area contributed by atoms with E-state index in [2.05, 4.69) is 15.5 Å². The Morgan fingerprint density at radius 2 is 1.90 bits per heavy atom. The van der Waals surface area contributed by atoms with Crippen LogP contribution in [0.15, 0.2) is 53.7 Å². The first-order valence-corrected chi connectivity index (χ1v) is 9.90. The number of benzene rings is 2. The minimum absolute atomic E-state index is 0.0496. The summed E-state index contributed by atoms with van der Waals surface area (Å²) in [6.07, 6.45) is 0. The van der Waals surface area contributed by atoms with Crippen molar-refractivity contribution in [3.63, 3.8) is 0 Å². The number of Topliss-reactive ketones (excluding diaryl/α,β-unsaturated/α-hetero) is 1. The quantitative estimate of drug-likeness (QED) is 0.471. The largest absolute Gasteiger partial charge is 0.496 e. The summed E-state index contributed by atoms with van der Waals surface area (Å²) in [4.78, 5) is 24.1. The van der Waals surface area contributed by atoms with E-state index in [1.54, 1.807) is 38.3 Å². The van der Waals surface area contributed by atoms with E-state index in [1.807, 2.05) is 35.9 Å². The third-order valence-electron chi connectivity index (χ3n) is 4.37. The Bertz CT molecular complexity index is 1050. The fraction of sp³-hybridized carbons (Fsp3) is 0.238. The second kappa shape index (κ2) is 8.91. The van der Waals surface area contributed by atoms with E-state index in [0.717, 1.165) is 5.56 Å². The highest BCUT2D eigenvalue weighted by Gasteiger charge is 2.20. The number of amides is 1. The summed E-state index contributed by atoms with van der Waals surface area (Å²) in [6, 6.07) is 14.5. The number of nitrogens with one attached hydrogen (secondary N) is 1. The first kappa shape index (κ1) is 20.6. The molecule has 0 radical (unpaired) electrons. The van der Waals surface area contributed by atoms with Gasteiger partial charge in [-0.3, -0.25) is 9.59 Å². The molecule has 1 amide bonds. The summed E-state index contributed by atoms with van der Waals surface area (Å²) in [5, 5.41) is 11.5. The molecule has 7 nitrogen and oxygen atoms in total. The number of para-hydroxylation sites is 1. The van der Waals surface area contributed by atoms with Gasteiger partial charge in [0.1, 0.15) is 5.75 Å². The maximum absolute atomic E-state index is 12.6. The number of rotatable bonds is 7. The summed E-state index contributed by atoms with van der Waals surface area (Å²) in [7, 11) is 3.46. The number of ketones is 1. The van der Waals surface area contributed by atoms with Crippen molar-refractivity contribution >= 4 is 29.1 Å². The Morgan fingerprint density at radius 3 is 2.62 bits per heavy atom. The van der Waals surface area contributed by atoms with Gasteiger partial charge in [0.2, 0.25) is 5.91 Å². The maximum Gasteiger partial charge on any atom is 0.237 e. The molecule has 0 aliphatic carbocycles. The lowest BCUT2D eigenvalue weighted by Gasteiger charge is -2.12. The lowest BCUT2D eigenvalue weighted by molar-refractivity contribution is -0.115. The number of carbonyl (C=O) groups is 2. The highest BCUT2D eigenvalue weighted by Crippen LogP contribution is 2.31. The Morgan fingerprint density at radius 1 is 1.14 bits per heavy atom. The molecule has 0 unspecified atom stereocenters. The molecule has 0 spiro atoms. The number of anilines is 1. The second-order valence-corrected chi connectivity index (χ2v) is 7.76. The highest BCUT2D eigenvalue weighted by atomic mass is 32.2. The minimum atomic E-state index is -0.413. The molecule has 0 bridgehead atoms. The van der Waals surface area contributed by atoms with Crippen LogP contribution in [0.3, 0.4) is 0 Å². The highest BCUT2D eigenvalue weighted by molar-refractivity contribution is 8.00. The number of thioether (sulfide) groups is 1. The van der Waals surface area contributed by atoms with Crippen molar-refractivity contribution in [2.45, 2.75) is 24.3 Å². The summed E-state index contributed by atoms with van der Waals surface area (Å²) in [5.74, 6) is 1.13. The molecule has 8 heteroatoms. The van der Waals surface area contributed by atoms with E-state index < -0.39 is 5.25 Å². The number of methoxy groups -OCH3 is 1. The summed E-state index contributed by atoms with van der Waals surface area (Å²) < 4.78 is 7.24. The standard InChI is InChI=1S/C21H22N4O3S/c1-13(26)15-8-7-9-16(12-15)22-20(27)14(2)29-21-24-23-19(25(21)3)17-10-5-6-11-18(17)28-4/h5-12,14H,1-4H3,(H,22,27)/t14-/m1/s1. The second-order valence-electron chi connectivity index (χ2n) is 6.45. The van der Waals surface area contributed by atoms with Gasteiger partial charge in [-0.2, -0.15) is 0 Å². The van der Waals surface area contributed by atoms with Crippen LogP contribution in [0.4, 0.5) is 5.69 Å². The van der Waals surface area contributed by atoms with Crippen molar-refractivity contribution in [2.24, 2.45) is 7.05 Å². The number of hydrogen-bond donors (Lipinski definition) is 1. The van der Waals surface area contributed by atoms with Crippen LogP contribution < -0.4 is 10.1 Å². The van der Waals surface area contributed by atoms with Crippen molar-refractivity contribution in [2.75, 3.05) is 12.4 Å². The van der Waals surface area contributed by atoms with E-state index >= 15 is 0 Å². The van der Waals surface area contributed by atoms with E-state index in [-0.39, 0.29) is 11.7 Å². The molecular formula is C21H22N4O3S. The number of ether oxygens (including phenoxy) is 1. The van der Waals surface area contributed by atoms with Crippen LogP contribution in [0.2, 0.25) is 0 Å². The smallest absolute Gasteiger partial charge is 0.237 e. The normalized spacial score (nSPS) is 11.7. The third kappa shape index (κ3) is 4.65. The van der Waals surface area contributed by atoms with Crippen molar-refractivity contribution in [3.8, 4) is 17.1 Å². The monoisotopic (exact) mass is 410 g/mol. The third-order valence-corrected chi connectivity index (χ3v) is 5.50. The van der Waals surface area contributed by atoms with Gasteiger partial charge in [-0.25, -0.2) is 0 Å². The molecule has 3 aromatic rings. The van der Waals surface area contributed by atoms with Gasteiger partial charge in [-0.05, 0) is 38.1 Å². The van der Waals surface area contributed by atoms with Crippen LogP contribution in [0.5, 0.6) is 5.75 Å². The SMILES string of the molecule is COc1ccccc1-c1nnc(S[C@H](C)C(=O)Nc2cccc(C(C)=O)c2)n1C. The van der Waals surface area contributed by atoms with E-state index in [0.29, 0.717) is 28.0 Å². The van der Waals surface area contributed by atoms with Gasteiger partial charge in [0.15, 0.2) is 16.8 Å². The molecule has 0 saturated heterocycles. The zero-order valence-electron chi connectivity index (χ0n) is 16.7.